The van der Waals surface area contributed by atoms with Gasteiger partial charge in [-0.2, -0.15) is 0 Å². The fourth-order valence-corrected chi connectivity index (χ4v) is 4.14. The van der Waals surface area contributed by atoms with Crippen molar-refractivity contribution in [2.24, 2.45) is 0 Å². The molecule has 1 saturated carbocycles. The first kappa shape index (κ1) is 13.9. The average Bonchev–Trinajstić information content (AvgIpc) is 2.46. The second-order valence-corrected chi connectivity index (χ2v) is 6.84. The Bertz CT molecular complexity index is 450. The van der Waals surface area contributed by atoms with Gasteiger partial charge in [0, 0.05) is 22.0 Å². The minimum absolute atomic E-state index is 0.435. The molecular formula is C15H19Br2NO. The van der Waals surface area contributed by atoms with Gasteiger partial charge < -0.3 is 9.64 Å². The molecule has 1 aromatic carbocycles. The van der Waals surface area contributed by atoms with Gasteiger partial charge in [0.1, 0.15) is 0 Å². The van der Waals surface area contributed by atoms with Gasteiger partial charge in [0.2, 0.25) is 0 Å². The molecule has 3 rings (SSSR count). The van der Waals surface area contributed by atoms with E-state index in [1.54, 1.807) is 0 Å². The Morgan fingerprint density at radius 2 is 2.11 bits per heavy atom. The summed E-state index contributed by atoms with van der Waals surface area (Å²) in [5, 5.41) is 0.907. The topological polar surface area (TPSA) is 12.5 Å². The van der Waals surface area contributed by atoms with Crippen molar-refractivity contribution in [2.45, 2.75) is 43.2 Å². The first-order valence-corrected chi connectivity index (χ1v) is 8.93. The molecule has 19 heavy (non-hydrogen) atoms. The molecule has 0 radical (unpaired) electrons. The van der Waals surface area contributed by atoms with E-state index in [9.17, 15) is 0 Å². The van der Waals surface area contributed by atoms with Crippen molar-refractivity contribution in [2.75, 3.05) is 18.1 Å². The van der Waals surface area contributed by atoms with Crippen molar-refractivity contribution < 1.29 is 4.74 Å². The highest BCUT2D eigenvalue weighted by Crippen LogP contribution is 2.35. The number of ether oxygens (including phenoxy) is 1. The van der Waals surface area contributed by atoms with E-state index < -0.39 is 0 Å². The fourth-order valence-electron chi connectivity index (χ4n) is 3.31. The lowest BCUT2D eigenvalue weighted by Gasteiger charge is -2.45. The maximum absolute atomic E-state index is 5.97. The summed E-state index contributed by atoms with van der Waals surface area (Å²) in [5.74, 6) is 0. The predicted octanol–water partition coefficient (Wildman–Crippen LogP) is 4.49. The molecule has 0 amide bonds. The molecule has 1 aromatic rings. The largest absolute Gasteiger partial charge is 0.374 e. The van der Waals surface area contributed by atoms with E-state index in [4.69, 9.17) is 4.74 Å². The number of hydrogen-bond acceptors (Lipinski definition) is 2. The minimum atomic E-state index is 0.435. The second kappa shape index (κ2) is 6.15. The highest BCUT2D eigenvalue weighted by molar-refractivity contribution is 9.10. The summed E-state index contributed by atoms with van der Waals surface area (Å²) < 4.78 is 7.13. The first-order chi connectivity index (χ1) is 9.29. The quantitative estimate of drug-likeness (QED) is 0.692. The summed E-state index contributed by atoms with van der Waals surface area (Å²) in [6.07, 6.45) is 5.57. The van der Waals surface area contributed by atoms with Gasteiger partial charge in [0.05, 0.1) is 18.8 Å². The zero-order chi connectivity index (χ0) is 13.2. The van der Waals surface area contributed by atoms with Crippen LogP contribution in [0.25, 0.3) is 0 Å². The van der Waals surface area contributed by atoms with Crippen LogP contribution in [0, 0.1) is 0 Å². The van der Waals surface area contributed by atoms with Crippen molar-refractivity contribution in [3.8, 4) is 0 Å². The van der Waals surface area contributed by atoms with E-state index in [0.717, 1.165) is 23.0 Å². The number of fused-ring (bicyclic) bond motifs is 1. The van der Waals surface area contributed by atoms with Gasteiger partial charge in [-0.25, -0.2) is 0 Å². The first-order valence-electron chi connectivity index (χ1n) is 7.02. The van der Waals surface area contributed by atoms with Crippen LogP contribution in [0.5, 0.6) is 0 Å². The summed E-state index contributed by atoms with van der Waals surface area (Å²) in [4.78, 5) is 2.58. The monoisotopic (exact) mass is 387 g/mol. The fraction of sp³-hybridized carbons (Fsp3) is 0.600. The normalized spacial score (nSPS) is 27.2. The summed E-state index contributed by atoms with van der Waals surface area (Å²) >= 11 is 7.22. The molecule has 1 heterocycles. The molecule has 1 aliphatic heterocycles. The van der Waals surface area contributed by atoms with E-state index in [2.05, 4.69) is 55.0 Å². The summed E-state index contributed by atoms with van der Waals surface area (Å²) in [5.41, 5.74) is 2.74. The third kappa shape index (κ3) is 2.86. The number of halogens is 2. The Morgan fingerprint density at radius 3 is 2.95 bits per heavy atom. The molecule has 0 bridgehead atoms. The Morgan fingerprint density at radius 1 is 1.26 bits per heavy atom. The van der Waals surface area contributed by atoms with Crippen LogP contribution in [-0.4, -0.2) is 25.3 Å². The van der Waals surface area contributed by atoms with E-state index >= 15 is 0 Å². The zero-order valence-corrected chi connectivity index (χ0v) is 14.1. The number of rotatable bonds is 2. The van der Waals surface area contributed by atoms with Crippen LogP contribution < -0.4 is 4.90 Å². The third-order valence-electron chi connectivity index (χ3n) is 4.23. The van der Waals surface area contributed by atoms with E-state index in [1.807, 2.05) is 0 Å². The molecule has 2 aliphatic rings. The molecule has 0 aromatic heterocycles. The SMILES string of the molecule is BrCc1ccc(Br)cc1N1CCOC2CCCCC21. The van der Waals surface area contributed by atoms with Crippen molar-refractivity contribution in [3.05, 3.63) is 28.2 Å². The smallest absolute Gasteiger partial charge is 0.0779 e. The summed E-state index contributed by atoms with van der Waals surface area (Å²) in [6.45, 7) is 1.87. The number of alkyl halides is 1. The number of hydrogen-bond donors (Lipinski definition) is 0. The summed E-state index contributed by atoms with van der Waals surface area (Å²) in [7, 11) is 0. The van der Waals surface area contributed by atoms with Gasteiger partial charge in [-0.3, -0.25) is 0 Å². The highest BCUT2D eigenvalue weighted by atomic mass is 79.9. The standard InChI is InChI=1S/C15H19Br2NO/c16-10-11-5-6-12(17)9-14(11)18-7-8-19-15-4-2-1-3-13(15)18/h5-6,9,13,15H,1-4,7-8,10H2. The lowest BCUT2D eigenvalue weighted by atomic mass is 9.89. The van der Waals surface area contributed by atoms with Crippen molar-refractivity contribution in [1.29, 1.82) is 0 Å². The molecule has 2 fully saturated rings. The van der Waals surface area contributed by atoms with Crippen molar-refractivity contribution in [1.82, 2.24) is 0 Å². The lowest BCUT2D eigenvalue weighted by Crippen LogP contribution is -2.53. The zero-order valence-electron chi connectivity index (χ0n) is 10.9. The molecule has 2 atom stereocenters. The molecule has 104 valence electrons. The van der Waals surface area contributed by atoms with Crippen molar-refractivity contribution >= 4 is 37.5 Å². The van der Waals surface area contributed by atoms with E-state index in [0.29, 0.717) is 12.1 Å². The molecule has 0 N–H and O–H groups in total. The van der Waals surface area contributed by atoms with Gasteiger partial charge in [-0.15, -0.1) is 0 Å². The van der Waals surface area contributed by atoms with Crippen LogP contribution in [0.1, 0.15) is 31.2 Å². The highest BCUT2D eigenvalue weighted by Gasteiger charge is 2.34. The van der Waals surface area contributed by atoms with Crippen LogP contribution in [-0.2, 0) is 10.1 Å². The van der Waals surface area contributed by atoms with Gasteiger partial charge in [-0.1, -0.05) is 50.8 Å². The molecule has 2 nitrogen and oxygen atoms in total. The maximum Gasteiger partial charge on any atom is 0.0779 e. The second-order valence-electron chi connectivity index (χ2n) is 5.36. The van der Waals surface area contributed by atoms with Gasteiger partial charge >= 0.3 is 0 Å². The van der Waals surface area contributed by atoms with Crippen LogP contribution >= 0.6 is 31.9 Å². The third-order valence-corrected chi connectivity index (χ3v) is 5.33. The molecule has 0 spiro atoms. The molecular weight excluding hydrogens is 370 g/mol. The maximum atomic E-state index is 5.97. The molecule has 1 aliphatic carbocycles. The Kier molecular flexibility index (Phi) is 4.50. The van der Waals surface area contributed by atoms with E-state index in [-0.39, 0.29) is 0 Å². The van der Waals surface area contributed by atoms with Crippen molar-refractivity contribution in [3.63, 3.8) is 0 Å². The Hall–Kier alpha value is -0.0600. The Labute approximate surface area is 131 Å². The summed E-state index contributed by atoms with van der Waals surface area (Å²) in [6, 6.07) is 7.16. The van der Waals surface area contributed by atoms with Gasteiger partial charge in [0.25, 0.3) is 0 Å². The van der Waals surface area contributed by atoms with E-state index in [1.165, 1.54) is 36.9 Å². The molecule has 2 unspecified atom stereocenters. The van der Waals surface area contributed by atoms with Crippen LogP contribution in [0.3, 0.4) is 0 Å². The number of nitrogens with zero attached hydrogens (tertiary/aromatic N) is 1. The lowest BCUT2D eigenvalue weighted by molar-refractivity contribution is -0.00872. The van der Waals surface area contributed by atoms with Gasteiger partial charge in [-0.05, 0) is 30.5 Å². The van der Waals surface area contributed by atoms with Crippen LogP contribution in [0.2, 0.25) is 0 Å². The molecule has 1 saturated heterocycles. The van der Waals surface area contributed by atoms with Gasteiger partial charge in [0.15, 0.2) is 0 Å². The number of benzene rings is 1. The minimum Gasteiger partial charge on any atom is -0.374 e. The predicted molar refractivity (Wildman–Crippen MR) is 86.1 cm³/mol. The Balaban J connectivity index is 1.93. The van der Waals surface area contributed by atoms with Crippen LogP contribution in [0.4, 0.5) is 5.69 Å². The molecule has 4 heteroatoms. The number of morpholine rings is 1. The average molecular weight is 389 g/mol. The van der Waals surface area contributed by atoms with Crippen LogP contribution in [0.15, 0.2) is 22.7 Å². The number of anilines is 1.